The maximum Gasteiger partial charge on any atom is 0.243 e. The van der Waals surface area contributed by atoms with Gasteiger partial charge < -0.3 is 5.32 Å². The Kier molecular flexibility index (Phi) is 5.77. The van der Waals surface area contributed by atoms with Gasteiger partial charge in [0.2, 0.25) is 10.0 Å². The van der Waals surface area contributed by atoms with Crippen molar-refractivity contribution in [1.82, 2.24) is 4.31 Å². The largest absolute Gasteiger partial charge is 0.345 e. The molecule has 1 N–H and O–H groups in total. The van der Waals surface area contributed by atoms with Crippen LogP contribution < -0.4 is 5.32 Å². The molecule has 128 valence electrons. The Bertz CT molecular complexity index is 907. The maximum atomic E-state index is 12.9. The zero-order chi connectivity index (χ0) is 18.4. The van der Waals surface area contributed by atoms with E-state index in [0.29, 0.717) is 24.3 Å². The fraction of sp³-hybridized carbons (Fsp3) is 0.353. The van der Waals surface area contributed by atoms with Crippen LogP contribution >= 0.6 is 0 Å². The summed E-state index contributed by atoms with van der Waals surface area (Å²) in [5.74, 6) is 0. The molecule has 2 rings (SSSR count). The van der Waals surface area contributed by atoms with Crippen LogP contribution in [0.15, 0.2) is 34.4 Å². The smallest absolute Gasteiger partial charge is 0.243 e. The number of sulfonamides is 1. The van der Waals surface area contributed by atoms with E-state index in [1.165, 1.54) is 10.4 Å². The van der Waals surface area contributed by atoms with E-state index in [0.717, 1.165) is 19.3 Å². The van der Waals surface area contributed by atoms with Crippen molar-refractivity contribution in [3.05, 3.63) is 35.0 Å². The van der Waals surface area contributed by atoms with Crippen molar-refractivity contribution in [2.24, 2.45) is 0 Å². The lowest BCUT2D eigenvalue weighted by Crippen LogP contribution is -2.36. The van der Waals surface area contributed by atoms with Gasteiger partial charge >= 0.3 is 0 Å². The normalized spacial score (nSPS) is 14.6. The molecule has 0 radical (unpaired) electrons. The highest BCUT2D eigenvalue weighted by Gasteiger charge is 2.27. The van der Waals surface area contributed by atoms with E-state index >= 15 is 0 Å². The Hall–Kier alpha value is -2.86. The third kappa shape index (κ3) is 3.97. The van der Waals surface area contributed by atoms with Crippen LogP contribution in [-0.4, -0.2) is 25.8 Å². The van der Waals surface area contributed by atoms with Crippen molar-refractivity contribution < 1.29 is 8.42 Å². The molecule has 0 unspecified atom stereocenters. The molecule has 1 aliphatic heterocycles. The number of rotatable bonds is 4. The second-order valence-corrected chi connectivity index (χ2v) is 7.56. The highest BCUT2D eigenvalue weighted by molar-refractivity contribution is 7.89. The van der Waals surface area contributed by atoms with Gasteiger partial charge in [0, 0.05) is 18.8 Å². The van der Waals surface area contributed by atoms with E-state index < -0.39 is 10.0 Å². The molecule has 1 heterocycles. The molecule has 0 aromatic heterocycles. The summed E-state index contributed by atoms with van der Waals surface area (Å²) in [5.41, 5.74) is 0.360. The van der Waals surface area contributed by atoms with Crippen LogP contribution in [0.1, 0.15) is 24.8 Å². The van der Waals surface area contributed by atoms with Crippen molar-refractivity contribution >= 4 is 15.7 Å². The molecule has 8 heteroatoms. The fourth-order valence-electron chi connectivity index (χ4n) is 2.63. The molecule has 1 aromatic carbocycles. The Morgan fingerprint density at radius 1 is 1.08 bits per heavy atom. The zero-order valence-corrected chi connectivity index (χ0v) is 14.6. The molecule has 1 fully saturated rings. The van der Waals surface area contributed by atoms with Gasteiger partial charge in [-0.05, 0) is 37.5 Å². The minimum Gasteiger partial charge on any atom is -0.345 e. The third-order valence-corrected chi connectivity index (χ3v) is 6.02. The van der Waals surface area contributed by atoms with Gasteiger partial charge in [-0.25, -0.2) is 8.42 Å². The van der Waals surface area contributed by atoms with E-state index in [9.17, 15) is 8.42 Å². The molecule has 1 saturated heterocycles. The molecule has 25 heavy (non-hydrogen) atoms. The summed E-state index contributed by atoms with van der Waals surface area (Å²) in [4.78, 5) is 0.159. The predicted molar refractivity (Wildman–Crippen MR) is 91.3 cm³/mol. The predicted octanol–water partition coefficient (Wildman–Crippen LogP) is 2.41. The van der Waals surface area contributed by atoms with Gasteiger partial charge in [-0.2, -0.15) is 20.1 Å². The molecular formula is C17H17N5O2S. The van der Waals surface area contributed by atoms with Gasteiger partial charge in [-0.15, -0.1) is 0 Å². The number of aryl methyl sites for hydroxylation is 1. The van der Waals surface area contributed by atoms with Crippen molar-refractivity contribution in [2.75, 3.05) is 18.4 Å². The maximum absolute atomic E-state index is 12.9. The number of piperidine rings is 1. The lowest BCUT2D eigenvalue weighted by atomic mass is 10.2. The molecule has 0 spiro atoms. The Balaban J connectivity index is 2.42. The van der Waals surface area contributed by atoms with E-state index in [-0.39, 0.29) is 16.2 Å². The van der Waals surface area contributed by atoms with Crippen LogP contribution in [0.2, 0.25) is 0 Å². The monoisotopic (exact) mass is 355 g/mol. The second kappa shape index (κ2) is 7.81. The van der Waals surface area contributed by atoms with Gasteiger partial charge in [0.05, 0.1) is 4.90 Å². The summed E-state index contributed by atoms with van der Waals surface area (Å²) in [6.45, 7) is 2.70. The topological polar surface area (TPSA) is 121 Å². The van der Waals surface area contributed by atoms with Crippen LogP contribution in [0.5, 0.6) is 0 Å². The summed E-state index contributed by atoms with van der Waals surface area (Å²) in [6, 6.07) is 9.70. The molecule has 1 aliphatic rings. The standard InChI is InChI=1S/C17H17N5O2S/c1-13-5-6-15(21-16(12-20)14(10-18)11-19)9-17(13)25(23,24)22-7-3-2-4-8-22/h5-6,9,21H,2-4,7-8H2,1H3. The van der Waals surface area contributed by atoms with Crippen molar-refractivity contribution in [2.45, 2.75) is 31.1 Å². The molecule has 7 nitrogen and oxygen atoms in total. The number of nitrogens with one attached hydrogen (secondary N) is 1. The Labute approximate surface area is 147 Å². The fourth-order valence-corrected chi connectivity index (χ4v) is 4.40. The number of hydrogen-bond acceptors (Lipinski definition) is 6. The van der Waals surface area contributed by atoms with Gasteiger partial charge in [-0.3, -0.25) is 0 Å². The number of anilines is 1. The lowest BCUT2D eigenvalue weighted by molar-refractivity contribution is 0.346. The quantitative estimate of drug-likeness (QED) is 0.828. The summed E-state index contributed by atoms with van der Waals surface area (Å²) >= 11 is 0. The first-order chi connectivity index (χ1) is 11.9. The number of nitrogens with zero attached hydrogens (tertiary/aromatic N) is 4. The molecule has 0 saturated carbocycles. The van der Waals surface area contributed by atoms with Crippen molar-refractivity contribution in [1.29, 1.82) is 15.8 Å². The lowest BCUT2D eigenvalue weighted by Gasteiger charge is -2.26. The average Bonchev–Trinajstić information content (AvgIpc) is 2.63. The first-order valence-electron chi connectivity index (χ1n) is 7.76. The van der Waals surface area contributed by atoms with Crippen LogP contribution in [0.4, 0.5) is 5.69 Å². The van der Waals surface area contributed by atoms with Gasteiger partial charge in [0.1, 0.15) is 23.9 Å². The van der Waals surface area contributed by atoms with E-state index in [4.69, 9.17) is 15.8 Å². The molecule has 1 aromatic rings. The highest BCUT2D eigenvalue weighted by atomic mass is 32.2. The van der Waals surface area contributed by atoms with E-state index in [1.807, 2.05) is 0 Å². The van der Waals surface area contributed by atoms with Crippen molar-refractivity contribution in [3.8, 4) is 18.2 Å². The first-order valence-corrected chi connectivity index (χ1v) is 9.20. The van der Waals surface area contributed by atoms with E-state index in [2.05, 4.69) is 5.32 Å². The Morgan fingerprint density at radius 3 is 2.28 bits per heavy atom. The second-order valence-electron chi connectivity index (χ2n) is 5.66. The molecule has 0 bridgehead atoms. The summed E-state index contributed by atoms with van der Waals surface area (Å²) in [6.07, 6.45) is 2.70. The molecular weight excluding hydrogens is 338 g/mol. The molecule has 0 aliphatic carbocycles. The van der Waals surface area contributed by atoms with Gasteiger partial charge in [0.15, 0.2) is 5.57 Å². The first kappa shape index (κ1) is 18.5. The zero-order valence-electron chi connectivity index (χ0n) is 13.8. The number of allylic oxidation sites excluding steroid dienone is 2. The summed E-state index contributed by atoms with van der Waals surface area (Å²) in [5, 5.41) is 29.5. The highest BCUT2D eigenvalue weighted by Crippen LogP contribution is 2.26. The number of nitriles is 3. The number of benzene rings is 1. The van der Waals surface area contributed by atoms with Gasteiger partial charge in [0.25, 0.3) is 0 Å². The number of hydrogen-bond donors (Lipinski definition) is 1. The van der Waals surface area contributed by atoms with E-state index in [1.54, 1.807) is 37.3 Å². The SMILES string of the molecule is Cc1ccc(NC(C#N)=C(C#N)C#N)cc1S(=O)(=O)N1CCCCC1. The van der Waals surface area contributed by atoms with Crippen LogP contribution in [0.3, 0.4) is 0 Å². The third-order valence-electron chi connectivity index (χ3n) is 3.98. The van der Waals surface area contributed by atoms with Crippen LogP contribution in [0.25, 0.3) is 0 Å². The summed E-state index contributed by atoms with van der Waals surface area (Å²) in [7, 11) is -3.62. The summed E-state index contributed by atoms with van der Waals surface area (Å²) < 4.78 is 27.2. The average molecular weight is 355 g/mol. The van der Waals surface area contributed by atoms with Crippen LogP contribution in [-0.2, 0) is 10.0 Å². The molecule has 0 amide bonds. The van der Waals surface area contributed by atoms with Gasteiger partial charge in [-0.1, -0.05) is 12.5 Å². The Morgan fingerprint density at radius 2 is 1.72 bits per heavy atom. The minimum absolute atomic E-state index is 0.159. The molecule has 0 atom stereocenters. The van der Waals surface area contributed by atoms with Crippen molar-refractivity contribution in [3.63, 3.8) is 0 Å². The minimum atomic E-state index is -3.62. The van der Waals surface area contributed by atoms with Crippen LogP contribution in [0, 0.1) is 40.9 Å².